The van der Waals surface area contributed by atoms with Crippen molar-refractivity contribution in [1.29, 1.82) is 5.26 Å². The number of alkyl halides is 3. The quantitative estimate of drug-likeness (QED) is 0.475. The number of nitriles is 1. The van der Waals surface area contributed by atoms with Crippen LogP contribution in [0.1, 0.15) is 22.5 Å². The second kappa shape index (κ2) is 8.59. The summed E-state index contributed by atoms with van der Waals surface area (Å²) < 4.78 is 40.1. The van der Waals surface area contributed by atoms with Gasteiger partial charge in [-0.15, -0.1) is 0 Å². The predicted octanol–water partition coefficient (Wildman–Crippen LogP) is 4.51. The third kappa shape index (κ3) is 4.46. The second-order valence-electron chi connectivity index (χ2n) is 6.28. The molecule has 10 heteroatoms. The van der Waals surface area contributed by atoms with E-state index in [0.717, 1.165) is 41.0 Å². The zero-order chi connectivity index (χ0) is 21.9. The number of hydrogen-bond donors (Lipinski definition) is 1. The van der Waals surface area contributed by atoms with Crippen molar-refractivity contribution in [2.24, 2.45) is 0 Å². The molecule has 1 aromatic carbocycles. The fourth-order valence-electron chi connectivity index (χ4n) is 2.83. The van der Waals surface area contributed by atoms with Crippen LogP contribution in [0.2, 0.25) is 0 Å². The molecule has 1 amide bonds. The van der Waals surface area contributed by atoms with Crippen molar-refractivity contribution in [3.05, 3.63) is 65.1 Å². The molecule has 0 bridgehead atoms. The summed E-state index contributed by atoms with van der Waals surface area (Å²) in [6.07, 6.45) is -3.59. The van der Waals surface area contributed by atoms with Gasteiger partial charge in [0.15, 0.2) is 5.16 Å². The second-order valence-corrected chi connectivity index (χ2v) is 7.22. The van der Waals surface area contributed by atoms with Crippen molar-refractivity contribution in [1.82, 2.24) is 14.5 Å². The van der Waals surface area contributed by atoms with Gasteiger partial charge in [-0.2, -0.15) is 18.4 Å². The van der Waals surface area contributed by atoms with E-state index >= 15 is 0 Å². The van der Waals surface area contributed by atoms with Crippen LogP contribution >= 0.6 is 11.8 Å². The number of rotatable bonds is 5. The van der Waals surface area contributed by atoms with Gasteiger partial charge in [0.1, 0.15) is 17.6 Å². The first-order chi connectivity index (χ1) is 14.2. The third-order valence-corrected chi connectivity index (χ3v) is 5.22. The molecule has 0 aliphatic carbocycles. The SMILES string of the molecule is Cc1c(C#N)c(NC(=O)CSc2nccc(C(F)(F)F)n2)n(-c2ccccc2)c1C. The molecule has 2 aromatic heterocycles. The Kier molecular flexibility index (Phi) is 6.12. The summed E-state index contributed by atoms with van der Waals surface area (Å²) in [5.74, 6) is -0.397. The lowest BCUT2D eigenvalue weighted by Gasteiger charge is -2.13. The molecule has 1 N–H and O–H groups in total. The fourth-order valence-corrected chi connectivity index (χ4v) is 3.46. The lowest BCUT2D eigenvalue weighted by atomic mass is 10.2. The minimum absolute atomic E-state index is 0.161. The van der Waals surface area contributed by atoms with E-state index in [0.29, 0.717) is 11.4 Å². The molecule has 0 radical (unpaired) electrons. The minimum Gasteiger partial charge on any atom is -0.310 e. The van der Waals surface area contributed by atoms with E-state index in [1.54, 1.807) is 11.5 Å². The van der Waals surface area contributed by atoms with E-state index in [1.807, 2.05) is 37.3 Å². The van der Waals surface area contributed by atoms with Gasteiger partial charge in [-0.1, -0.05) is 30.0 Å². The maximum absolute atomic E-state index is 12.8. The zero-order valence-corrected chi connectivity index (χ0v) is 16.8. The first kappa shape index (κ1) is 21.4. The molecule has 0 aliphatic heterocycles. The zero-order valence-electron chi connectivity index (χ0n) is 16.0. The number of benzene rings is 1. The maximum atomic E-state index is 12.8. The van der Waals surface area contributed by atoms with Crippen LogP contribution in [-0.2, 0) is 11.0 Å². The van der Waals surface area contributed by atoms with Gasteiger partial charge in [0, 0.05) is 17.6 Å². The van der Waals surface area contributed by atoms with Crippen LogP contribution in [0.15, 0.2) is 47.8 Å². The van der Waals surface area contributed by atoms with Crippen LogP contribution in [0.4, 0.5) is 19.0 Å². The Morgan fingerprint density at radius 3 is 2.57 bits per heavy atom. The summed E-state index contributed by atoms with van der Waals surface area (Å²) in [5.41, 5.74) is 1.54. The number of thioether (sulfide) groups is 1. The van der Waals surface area contributed by atoms with Crippen molar-refractivity contribution in [3.63, 3.8) is 0 Å². The number of nitrogens with one attached hydrogen (secondary N) is 1. The van der Waals surface area contributed by atoms with Gasteiger partial charge in [-0.05, 0) is 37.6 Å². The molecule has 3 rings (SSSR count). The van der Waals surface area contributed by atoms with E-state index in [2.05, 4.69) is 21.4 Å². The number of amides is 1. The monoisotopic (exact) mass is 431 g/mol. The third-order valence-electron chi connectivity index (χ3n) is 4.35. The van der Waals surface area contributed by atoms with Crippen LogP contribution in [-0.4, -0.2) is 26.2 Å². The molecule has 6 nitrogen and oxygen atoms in total. The van der Waals surface area contributed by atoms with Crippen molar-refractivity contribution < 1.29 is 18.0 Å². The Balaban J connectivity index is 1.82. The van der Waals surface area contributed by atoms with E-state index in [4.69, 9.17) is 0 Å². The smallest absolute Gasteiger partial charge is 0.310 e. The van der Waals surface area contributed by atoms with Gasteiger partial charge in [0.2, 0.25) is 5.91 Å². The van der Waals surface area contributed by atoms with Crippen LogP contribution in [0, 0.1) is 25.2 Å². The molecule has 0 saturated heterocycles. The molecule has 154 valence electrons. The highest BCUT2D eigenvalue weighted by molar-refractivity contribution is 7.99. The van der Waals surface area contributed by atoms with Crippen LogP contribution in [0.5, 0.6) is 0 Å². The van der Waals surface area contributed by atoms with Gasteiger partial charge in [-0.3, -0.25) is 9.36 Å². The summed E-state index contributed by atoms with van der Waals surface area (Å²) in [6, 6.07) is 12.1. The van der Waals surface area contributed by atoms with E-state index in [1.165, 1.54) is 0 Å². The molecule has 3 aromatic rings. The lowest BCUT2D eigenvalue weighted by molar-refractivity contribution is -0.141. The predicted molar refractivity (Wildman–Crippen MR) is 106 cm³/mol. The maximum Gasteiger partial charge on any atom is 0.433 e. The summed E-state index contributed by atoms with van der Waals surface area (Å²) in [4.78, 5) is 19.7. The average molecular weight is 431 g/mol. The van der Waals surface area contributed by atoms with Gasteiger partial charge in [0.25, 0.3) is 0 Å². The fraction of sp³-hybridized carbons (Fsp3) is 0.200. The Hall–Kier alpha value is -3.32. The summed E-state index contributed by atoms with van der Waals surface area (Å²) in [5, 5.41) is 12.1. The van der Waals surface area contributed by atoms with E-state index in [9.17, 15) is 23.2 Å². The lowest BCUT2D eigenvalue weighted by Crippen LogP contribution is -2.18. The van der Waals surface area contributed by atoms with Crippen molar-refractivity contribution in [2.45, 2.75) is 25.2 Å². The standard InChI is InChI=1S/C20H16F3N5OS/c1-12-13(2)28(14-6-4-3-5-7-14)18(15(12)10-24)27-17(29)11-30-19-25-9-8-16(26-19)20(21,22)23/h3-9H,11H2,1-2H3,(H,27,29). The highest BCUT2D eigenvalue weighted by Crippen LogP contribution is 2.31. The molecular formula is C20H16F3N5OS. The summed E-state index contributed by atoms with van der Waals surface area (Å²) >= 11 is 0.778. The highest BCUT2D eigenvalue weighted by Gasteiger charge is 2.32. The van der Waals surface area contributed by atoms with Gasteiger partial charge < -0.3 is 5.32 Å². The van der Waals surface area contributed by atoms with Crippen LogP contribution < -0.4 is 5.32 Å². The number of nitrogens with zero attached hydrogens (tertiary/aromatic N) is 4. The van der Waals surface area contributed by atoms with Crippen molar-refractivity contribution in [3.8, 4) is 11.8 Å². The number of carbonyl (C=O) groups excluding carboxylic acids is 1. The molecule has 2 heterocycles. The minimum atomic E-state index is -4.59. The number of para-hydroxylation sites is 1. The van der Waals surface area contributed by atoms with Crippen molar-refractivity contribution in [2.75, 3.05) is 11.1 Å². The Labute approximate surface area is 174 Å². The Morgan fingerprint density at radius 1 is 1.23 bits per heavy atom. The average Bonchev–Trinajstić information content (AvgIpc) is 2.96. The van der Waals surface area contributed by atoms with Gasteiger partial charge in [-0.25, -0.2) is 9.97 Å². The van der Waals surface area contributed by atoms with E-state index < -0.39 is 17.8 Å². The number of anilines is 1. The topological polar surface area (TPSA) is 83.6 Å². The largest absolute Gasteiger partial charge is 0.433 e. The molecule has 0 saturated carbocycles. The Morgan fingerprint density at radius 2 is 1.93 bits per heavy atom. The van der Waals surface area contributed by atoms with Crippen LogP contribution in [0.3, 0.4) is 0 Å². The molecule has 0 unspecified atom stereocenters. The first-order valence-corrected chi connectivity index (χ1v) is 9.71. The number of carbonyl (C=O) groups is 1. The first-order valence-electron chi connectivity index (χ1n) is 8.72. The van der Waals surface area contributed by atoms with Gasteiger partial charge >= 0.3 is 6.18 Å². The molecule has 0 atom stereocenters. The number of hydrogen-bond acceptors (Lipinski definition) is 5. The number of aromatic nitrogens is 3. The van der Waals surface area contributed by atoms with Gasteiger partial charge in [0.05, 0.1) is 11.3 Å². The van der Waals surface area contributed by atoms with Crippen molar-refractivity contribution >= 4 is 23.5 Å². The summed E-state index contributed by atoms with van der Waals surface area (Å²) in [6.45, 7) is 3.62. The van der Waals surface area contributed by atoms with E-state index in [-0.39, 0.29) is 10.9 Å². The number of halogens is 3. The molecule has 0 aliphatic rings. The molecule has 30 heavy (non-hydrogen) atoms. The van der Waals surface area contributed by atoms with Crippen LogP contribution in [0.25, 0.3) is 5.69 Å². The molecule has 0 spiro atoms. The highest BCUT2D eigenvalue weighted by atomic mass is 32.2. The molecular weight excluding hydrogens is 415 g/mol. The molecule has 0 fully saturated rings. The normalized spacial score (nSPS) is 11.2. The Bertz CT molecular complexity index is 1120. The summed E-state index contributed by atoms with van der Waals surface area (Å²) in [7, 11) is 0.